The molecule has 0 unspecified atom stereocenters. The molecule has 32 heavy (non-hydrogen) atoms. The van der Waals surface area contributed by atoms with Gasteiger partial charge in [0.25, 0.3) is 5.56 Å². The summed E-state index contributed by atoms with van der Waals surface area (Å²) in [6, 6.07) is 13.1. The van der Waals surface area contributed by atoms with Crippen molar-refractivity contribution in [1.29, 1.82) is 0 Å². The molecule has 0 radical (unpaired) electrons. The Morgan fingerprint density at radius 2 is 1.72 bits per heavy atom. The second-order valence-corrected chi connectivity index (χ2v) is 8.79. The van der Waals surface area contributed by atoms with E-state index in [1.807, 2.05) is 58.0 Å². The van der Waals surface area contributed by atoms with E-state index in [-0.39, 0.29) is 18.0 Å². The monoisotopic (exact) mass is 447 g/mol. The number of rotatable bonds is 5. The fourth-order valence-corrected chi connectivity index (χ4v) is 4.78. The molecule has 0 aliphatic rings. The van der Waals surface area contributed by atoms with Crippen molar-refractivity contribution in [2.75, 3.05) is 5.32 Å². The molecule has 0 aliphatic carbocycles. The van der Waals surface area contributed by atoms with Crippen LogP contribution in [0.2, 0.25) is 0 Å². The maximum absolute atomic E-state index is 13.5. The van der Waals surface area contributed by atoms with Crippen LogP contribution in [0, 0.1) is 20.8 Å². The lowest BCUT2D eigenvalue weighted by Crippen LogP contribution is -2.40. The maximum atomic E-state index is 13.5. The third-order valence-electron chi connectivity index (χ3n) is 5.88. The van der Waals surface area contributed by atoms with Gasteiger partial charge >= 0.3 is 5.69 Å². The molecular formula is C25H25N3O3S. The Morgan fingerprint density at radius 1 is 1.00 bits per heavy atom. The summed E-state index contributed by atoms with van der Waals surface area (Å²) in [5, 5.41) is 4.74. The highest BCUT2D eigenvalue weighted by atomic mass is 32.1. The summed E-state index contributed by atoms with van der Waals surface area (Å²) < 4.78 is 3.01. The van der Waals surface area contributed by atoms with Gasteiger partial charge in [0, 0.05) is 5.69 Å². The van der Waals surface area contributed by atoms with Gasteiger partial charge in [-0.25, -0.2) is 9.36 Å². The fourth-order valence-electron chi connectivity index (χ4n) is 3.95. The number of carbonyl (C=O) groups excluding carboxylic acids is 1. The summed E-state index contributed by atoms with van der Waals surface area (Å²) in [4.78, 5) is 39.7. The lowest BCUT2D eigenvalue weighted by atomic mass is 10.1. The summed E-state index contributed by atoms with van der Waals surface area (Å²) in [5.41, 5.74) is 4.74. The van der Waals surface area contributed by atoms with E-state index in [4.69, 9.17) is 0 Å². The maximum Gasteiger partial charge on any atom is 0.336 e. The molecule has 0 fully saturated rings. The molecule has 1 amide bonds. The Labute approximate surface area is 189 Å². The van der Waals surface area contributed by atoms with Crippen LogP contribution in [0.15, 0.2) is 57.4 Å². The number of para-hydroxylation sites is 1. The van der Waals surface area contributed by atoms with E-state index < -0.39 is 5.69 Å². The normalized spacial score (nSPS) is 11.1. The molecule has 7 heteroatoms. The molecule has 0 saturated carbocycles. The van der Waals surface area contributed by atoms with E-state index in [0.29, 0.717) is 15.9 Å². The number of nitrogens with one attached hydrogen (secondary N) is 1. The van der Waals surface area contributed by atoms with Gasteiger partial charge in [0.15, 0.2) is 0 Å². The number of carbonyl (C=O) groups is 1. The molecule has 0 spiro atoms. The van der Waals surface area contributed by atoms with Crippen molar-refractivity contribution in [2.45, 2.75) is 40.7 Å². The largest absolute Gasteiger partial charge is 0.336 e. The Morgan fingerprint density at radius 3 is 2.47 bits per heavy atom. The first kappa shape index (κ1) is 21.8. The van der Waals surface area contributed by atoms with Crippen molar-refractivity contribution >= 4 is 33.1 Å². The van der Waals surface area contributed by atoms with Gasteiger partial charge in [-0.3, -0.25) is 14.2 Å². The van der Waals surface area contributed by atoms with Crippen molar-refractivity contribution in [3.63, 3.8) is 0 Å². The number of amides is 1. The fraction of sp³-hybridized carbons (Fsp3) is 0.240. The molecule has 1 N–H and O–H groups in total. The predicted octanol–water partition coefficient (Wildman–Crippen LogP) is 4.34. The number of thiophene rings is 1. The molecule has 2 heterocycles. The van der Waals surface area contributed by atoms with Crippen LogP contribution in [0.3, 0.4) is 0 Å². The van der Waals surface area contributed by atoms with Gasteiger partial charge < -0.3 is 5.32 Å². The Bertz CT molecular complexity index is 1460. The van der Waals surface area contributed by atoms with Crippen LogP contribution >= 0.6 is 11.3 Å². The highest BCUT2D eigenvalue weighted by Crippen LogP contribution is 2.22. The highest BCUT2D eigenvalue weighted by molar-refractivity contribution is 7.17. The topological polar surface area (TPSA) is 73.1 Å². The van der Waals surface area contributed by atoms with Gasteiger partial charge in [0.05, 0.1) is 11.2 Å². The summed E-state index contributed by atoms with van der Waals surface area (Å²) in [7, 11) is 0. The van der Waals surface area contributed by atoms with Gasteiger partial charge in [-0.1, -0.05) is 37.3 Å². The minimum Gasteiger partial charge on any atom is -0.324 e. The third-order valence-corrected chi connectivity index (χ3v) is 6.77. The number of fused-ring (bicyclic) bond motifs is 1. The summed E-state index contributed by atoms with van der Waals surface area (Å²) in [5.74, 6) is -0.310. The number of aromatic nitrogens is 2. The average molecular weight is 448 g/mol. The molecule has 4 aromatic rings. The Kier molecular flexibility index (Phi) is 5.84. The summed E-state index contributed by atoms with van der Waals surface area (Å²) >= 11 is 1.27. The van der Waals surface area contributed by atoms with Gasteiger partial charge in [-0.2, -0.15) is 0 Å². The SMILES string of the molecule is CCc1cccc(C)c1NC(=O)Cn1c(=O)n(-c2cccc(C)c2C)c(=O)c2sccc21. The van der Waals surface area contributed by atoms with Crippen LogP contribution in [0.4, 0.5) is 5.69 Å². The van der Waals surface area contributed by atoms with E-state index in [2.05, 4.69) is 5.32 Å². The number of anilines is 1. The Hall–Kier alpha value is -3.45. The molecule has 4 rings (SSSR count). The van der Waals surface area contributed by atoms with Crippen LogP contribution in [0.25, 0.3) is 15.9 Å². The van der Waals surface area contributed by atoms with E-state index in [1.165, 1.54) is 20.5 Å². The zero-order valence-electron chi connectivity index (χ0n) is 18.6. The summed E-state index contributed by atoms with van der Waals surface area (Å²) in [6.07, 6.45) is 0.781. The van der Waals surface area contributed by atoms with Crippen LogP contribution in [-0.4, -0.2) is 15.0 Å². The van der Waals surface area contributed by atoms with Crippen LogP contribution in [0.5, 0.6) is 0 Å². The van der Waals surface area contributed by atoms with Gasteiger partial charge in [0.1, 0.15) is 11.2 Å². The predicted molar refractivity (Wildman–Crippen MR) is 130 cm³/mol. The van der Waals surface area contributed by atoms with E-state index in [1.54, 1.807) is 17.5 Å². The Balaban J connectivity index is 1.83. The van der Waals surface area contributed by atoms with E-state index in [0.717, 1.165) is 34.4 Å². The van der Waals surface area contributed by atoms with Crippen LogP contribution in [0.1, 0.15) is 29.2 Å². The van der Waals surface area contributed by atoms with Gasteiger partial charge in [-0.05, 0) is 67.0 Å². The summed E-state index contributed by atoms with van der Waals surface area (Å²) in [6.45, 7) is 7.61. The molecule has 2 aromatic carbocycles. The molecule has 6 nitrogen and oxygen atoms in total. The standard InChI is InChI=1S/C25H25N3O3S/c1-5-18-10-6-9-16(3)22(18)26-21(29)14-27-20-12-13-32-23(20)24(30)28(25(27)31)19-11-7-8-15(2)17(19)4/h6-13H,5,14H2,1-4H3,(H,26,29). The number of hydrogen-bond donors (Lipinski definition) is 1. The first-order valence-electron chi connectivity index (χ1n) is 10.5. The zero-order chi connectivity index (χ0) is 23.0. The van der Waals surface area contributed by atoms with E-state index in [9.17, 15) is 14.4 Å². The third kappa shape index (κ3) is 3.69. The smallest absolute Gasteiger partial charge is 0.324 e. The molecule has 0 saturated heterocycles. The molecule has 0 atom stereocenters. The number of benzene rings is 2. The van der Waals surface area contributed by atoms with Gasteiger partial charge in [-0.15, -0.1) is 11.3 Å². The van der Waals surface area contributed by atoms with Crippen molar-refractivity contribution in [2.24, 2.45) is 0 Å². The molecule has 0 bridgehead atoms. The molecule has 164 valence electrons. The van der Waals surface area contributed by atoms with Crippen LogP contribution in [-0.2, 0) is 17.8 Å². The first-order chi connectivity index (χ1) is 15.3. The van der Waals surface area contributed by atoms with Crippen LogP contribution < -0.4 is 16.6 Å². The zero-order valence-corrected chi connectivity index (χ0v) is 19.4. The lowest BCUT2D eigenvalue weighted by Gasteiger charge is -2.16. The number of aryl methyl sites for hydroxylation is 3. The number of hydrogen-bond acceptors (Lipinski definition) is 4. The van der Waals surface area contributed by atoms with Crippen molar-refractivity contribution in [3.8, 4) is 5.69 Å². The second kappa shape index (κ2) is 8.59. The molecule has 0 aliphatic heterocycles. The second-order valence-electron chi connectivity index (χ2n) is 7.87. The molecular weight excluding hydrogens is 422 g/mol. The minimum absolute atomic E-state index is 0.186. The first-order valence-corrected chi connectivity index (χ1v) is 11.4. The average Bonchev–Trinajstić information content (AvgIpc) is 3.26. The van der Waals surface area contributed by atoms with E-state index >= 15 is 0 Å². The van der Waals surface area contributed by atoms with Gasteiger partial charge in [0.2, 0.25) is 5.91 Å². The van der Waals surface area contributed by atoms with Crippen molar-refractivity contribution in [3.05, 3.63) is 90.9 Å². The van der Waals surface area contributed by atoms with Crippen molar-refractivity contribution < 1.29 is 4.79 Å². The highest BCUT2D eigenvalue weighted by Gasteiger charge is 2.19. The number of nitrogens with zero attached hydrogens (tertiary/aromatic N) is 2. The van der Waals surface area contributed by atoms with Crippen molar-refractivity contribution in [1.82, 2.24) is 9.13 Å². The quantitative estimate of drug-likeness (QED) is 0.495. The lowest BCUT2D eigenvalue weighted by molar-refractivity contribution is -0.116. The minimum atomic E-state index is -0.523. The molecule has 2 aromatic heterocycles.